The van der Waals surface area contributed by atoms with E-state index in [2.05, 4.69) is 53.2 Å². The van der Waals surface area contributed by atoms with Crippen molar-refractivity contribution >= 4 is 34.6 Å². The molecule has 1 saturated carbocycles. The van der Waals surface area contributed by atoms with Crippen LogP contribution in [0.15, 0.2) is 67.4 Å². The Labute approximate surface area is 225 Å². The molecule has 4 aromatic rings. The van der Waals surface area contributed by atoms with E-state index in [0.717, 1.165) is 44.1 Å². The molecule has 0 saturated heterocycles. The topological polar surface area (TPSA) is 133 Å². The lowest BCUT2D eigenvalue weighted by atomic mass is 9.91. The molecule has 0 bridgehead atoms. The molecule has 1 amide bonds. The number of fused-ring (bicyclic) bond motifs is 1. The minimum Gasteiger partial charge on any atom is -0.385 e. The maximum Gasteiger partial charge on any atom is 0.276 e. The number of carbonyl (C=O) groups is 1. The standard InChI is InChI=1S/C27H31FN10O/c1-17(14-29-2)33-18-6-8-19(9-7-18)34-25-13-22(35-24-5-3-4-11-31-24)26-32-16-23(38(26)37-25)27(39)36-21-10-12-30-15-20(21)28/h3-5,10-13,15-16,18-19,29,33H,1,6-9,14H2,2H3,(H,31,35)(H,34,37)(H,30,36,39)/t18-,19-. The molecule has 0 aromatic carbocycles. The SMILES string of the molecule is C=C(CNC)N[C@H]1CC[C@H](Nc2cc(Nc3ccccn3)c3ncc(C(=O)Nc4ccncc4F)n3n2)CC1. The van der Waals surface area contributed by atoms with Gasteiger partial charge in [-0.15, -0.1) is 5.10 Å². The third-order valence-corrected chi connectivity index (χ3v) is 6.53. The number of halogens is 1. The molecule has 39 heavy (non-hydrogen) atoms. The second-order valence-corrected chi connectivity index (χ2v) is 9.44. The van der Waals surface area contributed by atoms with E-state index >= 15 is 0 Å². The maximum atomic E-state index is 14.1. The number of pyridine rings is 2. The van der Waals surface area contributed by atoms with Crippen LogP contribution >= 0.6 is 0 Å². The molecule has 0 atom stereocenters. The molecule has 12 heteroatoms. The zero-order chi connectivity index (χ0) is 27.2. The molecule has 11 nitrogen and oxygen atoms in total. The molecular weight excluding hydrogens is 499 g/mol. The van der Waals surface area contributed by atoms with Crippen LogP contribution in [0.4, 0.5) is 27.4 Å². The van der Waals surface area contributed by atoms with Gasteiger partial charge in [0.25, 0.3) is 5.91 Å². The van der Waals surface area contributed by atoms with Gasteiger partial charge in [0.05, 0.1) is 23.8 Å². The molecule has 0 unspecified atom stereocenters. The Morgan fingerprint density at radius 1 is 1.05 bits per heavy atom. The van der Waals surface area contributed by atoms with Crippen molar-refractivity contribution in [2.45, 2.75) is 37.8 Å². The van der Waals surface area contributed by atoms with E-state index in [1.165, 1.54) is 23.0 Å². The largest absolute Gasteiger partial charge is 0.385 e. The van der Waals surface area contributed by atoms with Gasteiger partial charge in [-0.05, 0) is 50.9 Å². The van der Waals surface area contributed by atoms with Crippen molar-refractivity contribution in [3.63, 3.8) is 0 Å². The second-order valence-electron chi connectivity index (χ2n) is 9.44. The lowest BCUT2D eigenvalue weighted by Crippen LogP contribution is -2.38. The predicted molar refractivity (Wildman–Crippen MR) is 149 cm³/mol. The number of amides is 1. The predicted octanol–water partition coefficient (Wildman–Crippen LogP) is 3.70. The average Bonchev–Trinajstić information content (AvgIpc) is 3.36. The first kappa shape index (κ1) is 26.0. The van der Waals surface area contributed by atoms with Crippen molar-refractivity contribution in [1.82, 2.24) is 35.2 Å². The average molecular weight is 531 g/mol. The molecule has 4 heterocycles. The molecule has 0 aliphatic heterocycles. The van der Waals surface area contributed by atoms with Gasteiger partial charge in [0.2, 0.25) is 0 Å². The highest BCUT2D eigenvalue weighted by molar-refractivity contribution is 6.03. The number of likely N-dealkylation sites (N-methyl/N-ethyl adjacent to an activating group) is 1. The van der Waals surface area contributed by atoms with Crippen molar-refractivity contribution in [2.75, 3.05) is 29.5 Å². The summed E-state index contributed by atoms with van der Waals surface area (Å²) in [7, 11) is 1.90. The van der Waals surface area contributed by atoms with E-state index in [1.54, 1.807) is 6.20 Å². The van der Waals surface area contributed by atoms with E-state index < -0.39 is 11.7 Å². The van der Waals surface area contributed by atoms with Gasteiger partial charge >= 0.3 is 0 Å². The molecule has 1 aliphatic carbocycles. The first-order valence-electron chi connectivity index (χ1n) is 12.8. The zero-order valence-electron chi connectivity index (χ0n) is 21.6. The van der Waals surface area contributed by atoms with Gasteiger partial charge in [-0.2, -0.15) is 0 Å². The van der Waals surface area contributed by atoms with Gasteiger partial charge < -0.3 is 26.6 Å². The van der Waals surface area contributed by atoms with E-state index in [9.17, 15) is 9.18 Å². The lowest BCUT2D eigenvalue weighted by Gasteiger charge is -2.31. The minimum atomic E-state index is -0.632. The lowest BCUT2D eigenvalue weighted by molar-refractivity contribution is 0.102. The van der Waals surface area contributed by atoms with Crippen molar-refractivity contribution in [3.05, 3.63) is 78.9 Å². The number of hydrogen-bond donors (Lipinski definition) is 5. The monoisotopic (exact) mass is 530 g/mol. The Kier molecular flexibility index (Phi) is 7.92. The molecular formula is C27H31FN10O. The number of nitrogens with one attached hydrogen (secondary N) is 5. The van der Waals surface area contributed by atoms with Gasteiger partial charge in [-0.25, -0.2) is 18.9 Å². The van der Waals surface area contributed by atoms with E-state index in [0.29, 0.717) is 29.0 Å². The minimum absolute atomic E-state index is 0.0221. The van der Waals surface area contributed by atoms with Gasteiger partial charge in [-0.1, -0.05) is 12.6 Å². The Morgan fingerprint density at radius 3 is 2.62 bits per heavy atom. The van der Waals surface area contributed by atoms with Crippen LogP contribution in [0.3, 0.4) is 0 Å². The Balaban J connectivity index is 1.39. The van der Waals surface area contributed by atoms with Gasteiger partial charge in [0.1, 0.15) is 11.6 Å². The van der Waals surface area contributed by atoms with Crippen LogP contribution in [-0.4, -0.2) is 56.1 Å². The Morgan fingerprint density at radius 2 is 1.87 bits per heavy atom. The van der Waals surface area contributed by atoms with Crippen LogP contribution in [0.2, 0.25) is 0 Å². The second kappa shape index (κ2) is 11.9. The number of carbonyl (C=O) groups excluding carboxylic acids is 1. The van der Waals surface area contributed by atoms with Crippen molar-refractivity contribution < 1.29 is 9.18 Å². The van der Waals surface area contributed by atoms with Gasteiger partial charge in [0.15, 0.2) is 17.2 Å². The molecule has 0 spiro atoms. The van der Waals surface area contributed by atoms with Crippen LogP contribution < -0.4 is 26.6 Å². The molecule has 1 aliphatic rings. The van der Waals surface area contributed by atoms with Crippen LogP contribution in [-0.2, 0) is 0 Å². The summed E-state index contributed by atoms with van der Waals surface area (Å²) in [4.78, 5) is 25.6. The van der Waals surface area contributed by atoms with Crippen LogP contribution in [0, 0.1) is 5.82 Å². The zero-order valence-corrected chi connectivity index (χ0v) is 21.6. The highest BCUT2D eigenvalue weighted by Gasteiger charge is 2.23. The van der Waals surface area contributed by atoms with Crippen LogP contribution in [0.1, 0.15) is 36.2 Å². The number of aromatic nitrogens is 5. The number of rotatable bonds is 10. The molecule has 202 valence electrons. The van der Waals surface area contributed by atoms with Gasteiger partial charge in [0, 0.05) is 42.8 Å². The fraction of sp³-hybridized carbons (Fsp3) is 0.296. The normalized spacial score (nSPS) is 17.0. The maximum absolute atomic E-state index is 14.1. The van der Waals surface area contributed by atoms with Crippen LogP contribution in [0.5, 0.6) is 0 Å². The number of anilines is 4. The molecule has 4 aromatic heterocycles. The van der Waals surface area contributed by atoms with Crippen molar-refractivity contribution in [1.29, 1.82) is 0 Å². The van der Waals surface area contributed by atoms with Crippen molar-refractivity contribution in [2.24, 2.45) is 0 Å². The summed E-state index contributed by atoms with van der Waals surface area (Å²) in [5, 5.41) is 20.7. The summed E-state index contributed by atoms with van der Waals surface area (Å²) in [5.41, 5.74) is 2.23. The summed E-state index contributed by atoms with van der Waals surface area (Å²) < 4.78 is 15.6. The quantitative estimate of drug-likeness (QED) is 0.208. The fourth-order valence-corrected chi connectivity index (χ4v) is 4.67. The van der Waals surface area contributed by atoms with E-state index in [-0.39, 0.29) is 17.4 Å². The Bertz CT molecular complexity index is 1450. The summed E-state index contributed by atoms with van der Waals surface area (Å²) in [5.74, 6) is 0.0263. The summed E-state index contributed by atoms with van der Waals surface area (Å²) in [6.07, 6.45) is 9.45. The van der Waals surface area contributed by atoms with Gasteiger partial charge in [-0.3, -0.25) is 9.78 Å². The summed E-state index contributed by atoms with van der Waals surface area (Å²) in [6, 6.07) is 9.39. The third-order valence-electron chi connectivity index (χ3n) is 6.53. The highest BCUT2D eigenvalue weighted by Crippen LogP contribution is 2.27. The van der Waals surface area contributed by atoms with Crippen LogP contribution in [0.25, 0.3) is 5.65 Å². The molecule has 5 rings (SSSR count). The summed E-state index contributed by atoms with van der Waals surface area (Å²) in [6.45, 7) is 4.81. The first-order chi connectivity index (χ1) is 19.0. The number of hydrogen-bond acceptors (Lipinski definition) is 9. The van der Waals surface area contributed by atoms with E-state index in [4.69, 9.17) is 0 Å². The summed E-state index contributed by atoms with van der Waals surface area (Å²) >= 11 is 0. The third kappa shape index (κ3) is 6.29. The molecule has 0 radical (unpaired) electrons. The smallest absolute Gasteiger partial charge is 0.276 e. The first-order valence-corrected chi connectivity index (χ1v) is 12.8. The Hall–Kier alpha value is -4.58. The number of nitrogens with zero attached hydrogens (tertiary/aromatic N) is 5. The molecule has 1 fully saturated rings. The number of imidazole rings is 1. The van der Waals surface area contributed by atoms with Crippen molar-refractivity contribution in [3.8, 4) is 0 Å². The fourth-order valence-electron chi connectivity index (χ4n) is 4.67. The molecule has 5 N–H and O–H groups in total. The van der Waals surface area contributed by atoms with E-state index in [1.807, 2.05) is 31.3 Å². The highest BCUT2D eigenvalue weighted by atomic mass is 19.1.